The van der Waals surface area contributed by atoms with Crippen molar-refractivity contribution in [3.8, 4) is 0 Å². The van der Waals surface area contributed by atoms with Crippen molar-refractivity contribution >= 4 is 17.5 Å². The van der Waals surface area contributed by atoms with Crippen molar-refractivity contribution in [2.24, 2.45) is 0 Å². The van der Waals surface area contributed by atoms with Crippen molar-refractivity contribution in [1.29, 1.82) is 0 Å². The summed E-state index contributed by atoms with van der Waals surface area (Å²) in [5.41, 5.74) is 1.83. The maximum Gasteiger partial charge on any atom is 0.273 e. The van der Waals surface area contributed by atoms with Crippen LogP contribution in [0.4, 0.5) is 5.69 Å². The van der Waals surface area contributed by atoms with Crippen molar-refractivity contribution in [2.45, 2.75) is 6.92 Å². The van der Waals surface area contributed by atoms with Crippen molar-refractivity contribution in [1.82, 2.24) is 15.8 Å². The number of amides is 2. The summed E-state index contributed by atoms with van der Waals surface area (Å²) in [7, 11) is 3.88. The van der Waals surface area contributed by atoms with Crippen LogP contribution in [0.15, 0.2) is 34.9 Å². The summed E-state index contributed by atoms with van der Waals surface area (Å²) in [5, 5.41) is 9.03. The predicted octanol–water partition coefficient (Wildman–Crippen LogP) is 1.21. The Morgan fingerprint density at radius 3 is 2.22 bits per heavy atom. The second-order valence-electron chi connectivity index (χ2n) is 5.28. The van der Waals surface area contributed by atoms with Crippen LogP contribution in [0.25, 0.3) is 0 Å². The van der Waals surface area contributed by atoms with E-state index in [4.69, 9.17) is 4.52 Å². The van der Waals surface area contributed by atoms with Gasteiger partial charge in [-0.1, -0.05) is 5.16 Å². The maximum atomic E-state index is 12.0. The summed E-state index contributed by atoms with van der Waals surface area (Å²) in [6, 6.07) is 8.84. The van der Waals surface area contributed by atoms with E-state index < -0.39 is 0 Å². The van der Waals surface area contributed by atoms with E-state index in [0.717, 1.165) is 5.69 Å². The molecule has 7 heteroatoms. The van der Waals surface area contributed by atoms with Crippen LogP contribution < -0.4 is 15.5 Å². The molecule has 2 rings (SSSR count). The standard InChI is InChI=1S/C16H20N4O3/c1-11-10-14(19-23-11)16(22)18-9-8-17-15(21)12-4-6-13(7-5-12)20(2)3/h4-7,10H,8-9H2,1-3H3,(H,17,21)(H,18,22). The van der Waals surface area contributed by atoms with Crippen molar-refractivity contribution in [3.05, 3.63) is 47.3 Å². The smallest absolute Gasteiger partial charge is 0.273 e. The zero-order chi connectivity index (χ0) is 16.8. The number of rotatable bonds is 6. The molecule has 0 aliphatic rings. The molecular formula is C16H20N4O3. The van der Waals surface area contributed by atoms with Crippen LogP contribution in [0.3, 0.4) is 0 Å². The Morgan fingerprint density at radius 1 is 1.09 bits per heavy atom. The molecular weight excluding hydrogens is 296 g/mol. The third-order valence-corrected chi connectivity index (χ3v) is 3.20. The van der Waals surface area contributed by atoms with Gasteiger partial charge in [0.25, 0.3) is 11.8 Å². The molecule has 0 saturated heterocycles. The van der Waals surface area contributed by atoms with Crippen LogP contribution in [0.1, 0.15) is 26.6 Å². The summed E-state index contributed by atoms with van der Waals surface area (Å²) in [6.45, 7) is 2.36. The molecule has 1 heterocycles. The second kappa shape index (κ2) is 7.44. The van der Waals surface area contributed by atoms with E-state index in [0.29, 0.717) is 24.4 Å². The molecule has 7 nitrogen and oxygen atoms in total. The Morgan fingerprint density at radius 2 is 1.70 bits per heavy atom. The SMILES string of the molecule is Cc1cc(C(=O)NCCNC(=O)c2ccc(N(C)C)cc2)no1. The van der Waals surface area contributed by atoms with Gasteiger partial charge in [-0.15, -0.1) is 0 Å². The molecule has 0 atom stereocenters. The summed E-state index contributed by atoms with van der Waals surface area (Å²) in [5.74, 6) is 0.0675. The lowest BCUT2D eigenvalue weighted by atomic mass is 10.2. The van der Waals surface area contributed by atoms with Crippen LogP contribution in [0.2, 0.25) is 0 Å². The first kappa shape index (κ1) is 16.5. The Bertz CT molecular complexity index is 677. The van der Waals surface area contributed by atoms with Gasteiger partial charge in [0, 0.05) is 44.5 Å². The van der Waals surface area contributed by atoms with E-state index >= 15 is 0 Å². The third-order valence-electron chi connectivity index (χ3n) is 3.20. The molecule has 2 amide bonds. The normalized spacial score (nSPS) is 10.2. The number of nitrogens with one attached hydrogen (secondary N) is 2. The van der Waals surface area contributed by atoms with Crippen LogP contribution in [0.5, 0.6) is 0 Å². The number of benzene rings is 1. The van der Waals surface area contributed by atoms with E-state index in [1.54, 1.807) is 25.1 Å². The highest BCUT2D eigenvalue weighted by Crippen LogP contribution is 2.11. The first-order chi connectivity index (χ1) is 11.0. The van der Waals surface area contributed by atoms with Gasteiger partial charge in [-0.05, 0) is 31.2 Å². The molecule has 0 saturated carbocycles. The molecule has 0 radical (unpaired) electrons. The average molecular weight is 316 g/mol. The van der Waals surface area contributed by atoms with Gasteiger partial charge in [-0.25, -0.2) is 0 Å². The number of anilines is 1. The van der Waals surface area contributed by atoms with Crippen molar-refractivity contribution in [3.63, 3.8) is 0 Å². The second-order valence-corrected chi connectivity index (χ2v) is 5.28. The topological polar surface area (TPSA) is 87.5 Å². The number of hydrogen-bond acceptors (Lipinski definition) is 5. The van der Waals surface area contributed by atoms with Gasteiger partial charge in [0.1, 0.15) is 5.76 Å². The minimum atomic E-state index is -0.327. The minimum Gasteiger partial charge on any atom is -0.378 e. The van der Waals surface area contributed by atoms with Gasteiger partial charge in [0.05, 0.1) is 0 Å². The molecule has 0 aliphatic carbocycles. The fourth-order valence-electron chi connectivity index (χ4n) is 1.93. The molecule has 0 unspecified atom stereocenters. The molecule has 0 spiro atoms. The largest absolute Gasteiger partial charge is 0.378 e. The monoisotopic (exact) mass is 316 g/mol. The summed E-state index contributed by atoms with van der Waals surface area (Å²) >= 11 is 0. The first-order valence-electron chi connectivity index (χ1n) is 7.24. The van der Waals surface area contributed by atoms with Gasteiger partial charge >= 0.3 is 0 Å². The Labute approximate surface area is 134 Å². The van der Waals surface area contributed by atoms with Gasteiger partial charge in [0.15, 0.2) is 5.69 Å². The zero-order valence-electron chi connectivity index (χ0n) is 13.4. The molecule has 0 fully saturated rings. The highest BCUT2D eigenvalue weighted by Gasteiger charge is 2.10. The number of carbonyl (C=O) groups is 2. The van der Waals surface area contributed by atoms with Gasteiger partial charge in [-0.2, -0.15) is 0 Å². The van der Waals surface area contributed by atoms with Crippen LogP contribution in [-0.2, 0) is 0 Å². The molecule has 2 N–H and O–H groups in total. The molecule has 1 aromatic heterocycles. The van der Waals surface area contributed by atoms with Gasteiger partial charge in [0.2, 0.25) is 0 Å². The lowest BCUT2D eigenvalue weighted by Crippen LogP contribution is -2.34. The maximum absolute atomic E-state index is 12.0. The fraction of sp³-hybridized carbons (Fsp3) is 0.312. The minimum absolute atomic E-state index is 0.179. The van der Waals surface area contributed by atoms with E-state index in [1.165, 1.54) is 0 Å². The molecule has 122 valence electrons. The third kappa shape index (κ3) is 4.57. The van der Waals surface area contributed by atoms with E-state index in [9.17, 15) is 9.59 Å². The van der Waals surface area contributed by atoms with E-state index in [-0.39, 0.29) is 17.5 Å². The number of nitrogens with zero attached hydrogens (tertiary/aromatic N) is 2. The van der Waals surface area contributed by atoms with Crippen LogP contribution >= 0.6 is 0 Å². The Hall–Kier alpha value is -2.83. The van der Waals surface area contributed by atoms with Crippen molar-refractivity contribution < 1.29 is 14.1 Å². The fourth-order valence-corrected chi connectivity index (χ4v) is 1.93. The van der Waals surface area contributed by atoms with Crippen LogP contribution in [0, 0.1) is 6.92 Å². The number of hydrogen-bond donors (Lipinski definition) is 2. The van der Waals surface area contributed by atoms with Gasteiger partial charge < -0.3 is 20.1 Å². The average Bonchev–Trinajstić information content (AvgIpc) is 2.97. The number of carbonyl (C=O) groups excluding carboxylic acids is 2. The predicted molar refractivity (Wildman–Crippen MR) is 86.7 cm³/mol. The summed E-state index contributed by atoms with van der Waals surface area (Å²) < 4.78 is 4.83. The molecule has 23 heavy (non-hydrogen) atoms. The molecule has 2 aromatic rings. The molecule has 0 bridgehead atoms. The molecule has 0 aliphatic heterocycles. The van der Waals surface area contributed by atoms with Crippen LogP contribution in [-0.4, -0.2) is 44.2 Å². The quantitative estimate of drug-likeness (QED) is 0.782. The lowest BCUT2D eigenvalue weighted by molar-refractivity contribution is 0.0922. The number of aromatic nitrogens is 1. The summed E-state index contributed by atoms with van der Waals surface area (Å²) in [6.07, 6.45) is 0. The highest BCUT2D eigenvalue weighted by atomic mass is 16.5. The Kier molecular flexibility index (Phi) is 5.35. The Balaban J connectivity index is 1.75. The highest BCUT2D eigenvalue weighted by molar-refractivity contribution is 5.94. The van der Waals surface area contributed by atoms with E-state index in [1.807, 2.05) is 31.1 Å². The van der Waals surface area contributed by atoms with Crippen molar-refractivity contribution in [2.75, 3.05) is 32.1 Å². The lowest BCUT2D eigenvalue weighted by Gasteiger charge is -2.12. The zero-order valence-corrected chi connectivity index (χ0v) is 13.4. The number of aryl methyl sites for hydroxylation is 1. The van der Waals surface area contributed by atoms with E-state index in [2.05, 4.69) is 15.8 Å². The summed E-state index contributed by atoms with van der Waals surface area (Å²) in [4.78, 5) is 25.7. The first-order valence-corrected chi connectivity index (χ1v) is 7.24. The van der Waals surface area contributed by atoms with Gasteiger partial charge in [-0.3, -0.25) is 9.59 Å². The molecule has 1 aromatic carbocycles.